The monoisotopic (exact) mass is 260 g/mol. The summed E-state index contributed by atoms with van der Waals surface area (Å²) in [6.45, 7) is 2.09. The van der Waals surface area contributed by atoms with E-state index in [1.165, 1.54) is 5.56 Å². The molecular formula is C16H22NO2-. The van der Waals surface area contributed by atoms with E-state index in [0.717, 1.165) is 32.1 Å². The van der Waals surface area contributed by atoms with Gasteiger partial charge in [0.25, 0.3) is 0 Å². The molecule has 1 fully saturated rings. The first-order valence-corrected chi connectivity index (χ1v) is 7.20. The molecule has 0 heterocycles. The van der Waals surface area contributed by atoms with E-state index < -0.39 is 5.97 Å². The lowest BCUT2D eigenvalue weighted by Gasteiger charge is -2.30. The van der Waals surface area contributed by atoms with Gasteiger partial charge in [-0.3, -0.25) is 0 Å². The molecule has 1 saturated carbocycles. The third-order valence-electron chi connectivity index (χ3n) is 4.08. The van der Waals surface area contributed by atoms with Gasteiger partial charge in [-0.05, 0) is 25.3 Å². The lowest BCUT2D eigenvalue weighted by atomic mass is 9.93. The molecule has 3 heteroatoms. The molecule has 1 aromatic carbocycles. The minimum atomic E-state index is -0.903. The zero-order chi connectivity index (χ0) is 13.7. The summed E-state index contributed by atoms with van der Waals surface area (Å²) in [5.41, 5.74) is 1.20. The number of nitrogens with one attached hydrogen (secondary N) is 1. The molecule has 1 aliphatic carbocycles. The van der Waals surface area contributed by atoms with Crippen molar-refractivity contribution in [1.29, 1.82) is 0 Å². The largest absolute Gasteiger partial charge is 0.550 e. The Labute approximate surface area is 115 Å². The molecule has 1 aliphatic rings. The Balaban J connectivity index is 2.04. The van der Waals surface area contributed by atoms with Crippen molar-refractivity contribution < 1.29 is 9.90 Å². The summed E-state index contributed by atoms with van der Waals surface area (Å²) in [5, 5.41) is 14.8. The van der Waals surface area contributed by atoms with Crippen molar-refractivity contribution in [3.05, 3.63) is 35.9 Å². The minimum Gasteiger partial charge on any atom is -0.550 e. The molecular weight excluding hydrogens is 238 g/mol. The van der Waals surface area contributed by atoms with Gasteiger partial charge in [0.05, 0.1) is 0 Å². The van der Waals surface area contributed by atoms with Crippen molar-refractivity contribution >= 4 is 5.97 Å². The van der Waals surface area contributed by atoms with Gasteiger partial charge < -0.3 is 15.2 Å². The normalized spacial score (nSPS) is 25.5. The van der Waals surface area contributed by atoms with E-state index in [-0.39, 0.29) is 18.0 Å². The number of rotatable bonds is 4. The fraction of sp³-hybridized carbons (Fsp3) is 0.562. The first kappa shape index (κ1) is 14.1. The molecule has 0 aliphatic heterocycles. The molecule has 104 valence electrons. The van der Waals surface area contributed by atoms with Crippen molar-refractivity contribution in [2.24, 2.45) is 5.92 Å². The molecule has 19 heavy (non-hydrogen) atoms. The Morgan fingerprint density at radius 2 is 1.89 bits per heavy atom. The van der Waals surface area contributed by atoms with Crippen LogP contribution in [-0.2, 0) is 4.79 Å². The van der Waals surface area contributed by atoms with Crippen molar-refractivity contribution in [3.8, 4) is 0 Å². The summed E-state index contributed by atoms with van der Waals surface area (Å²) >= 11 is 0. The van der Waals surface area contributed by atoms with Crippen LogP contribution in [0.15, 0.2) is 30.3 Å². The van der Waals surface area contributed by atoms with E-state index in [1.807, 2.05) is 18.2 Å². The van der Waals surface area contributed by atoms with Crippen LogP contribution in [0.4, 0.5) is 0 Å². The fourth-order valence-electron chi connectivity index (χ4n) is 2.95. The number of carboxylic acids is 1. The second-order valence-corrected chi connectivity index (χ2v) is 5.47. The first-order valence-electron chi connectivity index (χ1n) is 7.20. The van der Waals surface area contributed by atoms with Crippen LogP contribution in [-0.4, -0.2) is 12.0 Å². The van der Waals surface area contributed by atoms with Crippen LogP contribution in [0.5, 0.6) is 0 Å². The van der Waals surface area contributed by atoms with Crippen LogP contribution < -0.4 is 10.4 Å². The highest BCUT2D eigenvalue weighted by Crippen LogP contribution is 2.25. The van der Waals surface area contributed by atoms with E-state index in [0.29, 0.717) is 0 Å². The second-order valence-electron chi connectivity index (χ2n) is 5.47. The molecule has 3 nitrogen and oxygen atoms in total. The van der Waals surface area contributed by atoms with Crippen molar-refractivity contribution in [1.82, 2.24) is 5.32 Å². The van der Waals surface area contributed by atoms with Gasteiger partial charge in [-0.2, -0.15) is 0 Å². The van der Waals surface area contributed by atoms with Crippen molar-refractivity contribution in [2.75, 3.05) is 0 Å². The molecule has 0 bridgehead atoms. The minimum absolute atomic E-state index is 0.0303. The highest BCUT2D eigenvalue weighted by Gasteiger charge is 2.25. The average molecular weight is 260 g/mol. The highest BCUT2D eigenvalue weighted by atomic mass is 16.4. The van der Waals surface area contributed by atoms with Gasteiger partial charge in [0, 0.05) is 24.0 Å². The van der Waals surface area contributed by atoms with Gasteiger partial charge in [0.1, 0.15) is 0 Å². The molecule has 1 N–H and O–H groups in total. The lowest BCUT2D eigenvalue weighted by Crippen LogP contribution is -2.45. The van der Waals surface area contributed by atoms with E-state index in [1.54, 1.807) is 0 Å². The molecule has 3 atom stereocenters. The SMILES string of the molecule is CC(NC1CCCCCC1C(=O)[O-])c1ccccc1. The Hall–Kier alpha value is -1.35. The molecule has 3 unspecified atom stereocenters. The number of carbonyl (C=O) groups excluding carboxylic acids is 1. The quantitative estimate of drug-likeness (QED) is 0.843. The van der Waals surface area contributed by atoms with E-state index >= 15 is 0 Å². The lowest BCUT2D eigenvalue weighted by molar-refractivity contribution is -0.312. The molecule has 0 spiro atoms. The second kappa shape index (κ2) is 6.71. The highest BCUT2D eigenvalue weighted by molar-refractivity contribution is 5.68. The maximum Gasteiger partial charge on any atom is 0.0460 e. The predicted octanol–water partition coefficient (Wildman–Crippen LogP) is 2.04. The van der Waals surface area contributed by atoms with Crippen LogP contribution in [0.2, 0.25) is 0 Å². The number of hydrogen-bond acceptors (Lipinski definition) is 3. The van der Waals surface area contributed by atoms with Gasteiger partial charge in [-0.15, -0.1) is 0 Å². The summed E-state index contributed by atoms with van der Waals surface area (Å²) in [6, 6.07) is 10.4. The van der Waals surface area contributed by atoms with Crippen molar-refractivity contribution in [3.63, 3.8) is 0 Å². The van der Waals surface area contributed by atoms with Gasteiger partial charge in [0.2, 0.25) is 0 Å². The zero-order valence-electron chi connectivity index (χ0n) is 11.5. The van der Waals surface area contributed by atoms with E-state index in [4.69, 9.17) is 0 Å². The Morgan fingerprint density at radius 3 is 2.58 bits per heavy atom. The Bertz CT molecular complexity index is 404. The summed E-state index contributed by atoms with van der Waals surface area (Å²) in [6.07, 6.45) is 4.89. The number of aliphatic carboxylic acids is 1. The number of carbonyl (C=O) groups is 1. The number of benzene rings is 1. The van der Waals surface area contributed by atoms with Gasteiger partial charge in [0.15, 0.2) is 0 Å². The zero-order valence-corrected chi connectivity index (χ0v) is 11.5. The third kappa shape index (κ3) is 3.80. The Morgan fingerprint density at radius 1 is 1.21 bits per heavy atom. The van der Waals surface area contributed by atoms with Crippen LogP contribution in [0.1, 0.15) is 50.6 Å². The molecule has 0 saturated heterocycles. The average Bonchev–Trinajstić information content (AvgIpc) is 2.65. The van der Waals surface area contributed by atoms with Gasteiger partial charge in [-0.1, -0.05) is 49.6 Å². The molecule has 0 aromatic heterocycles. The maximum atomic E-state index is 11.3. The van der Waals surface area contributed by atoms with Gasteiger partial charge >= 0.3 is 0 Å². The number of hydrogen-bond donors (Lipinski definition) is 1. The molecule has 0 radical (unpaired) electrons. The molecule has 2 rings (SSSR count). The summed E-state index contributed by atoms with van der Waals surface area (Å²) in [5.74, 6) is -1.26. The summed E-state index contributed by atoms with van der Waals surface area (Å²) < 4.78 is 0. The van der Waals surface area contributed by atoms with Crippen LogP contribution in [0, 0.1) is 5.92 Å². The van der Waals surface area contributed by atoms with Gasteiger partial charge in [-0.25, -0.2) is 0 Å². The third-order valence-corrected chi connectivity index (χ3v) is 4.08. The standard InChI is InChI=1S/C16H23NO2/c1-12(13-8-4-2-5-9-13)17-15-11-7-3-6-10-14(15)16(18)19/h2,4-5,8-9,12,14-15,17H,3,6-7,10-11H2,1H3,(H,18,19)/p-1. The molecule has 0 amide bonds. The first-order chi connectivity index (χ1) is 9.18. The summed E-state index contributed by atoms with van der Waals surface area (Å²) in [7, 11) is 0. The van der Waals surface area contributed by atoms with Crippen LogP contribution in [0.3, 0.4) is 0 Å². The fourth-order valence-corrected chi connectivity index (χ4v) is 2.95. The van der Waals surface area contributed by atoms with Crippen molar-refractivity contribution in [2.45, 2.75) is 51.1 Å². The smallest absolute Gasteiger partial charge is 0.0460 e. The summed E-state index contributed by atoms with van der Waals surface area (Å²) in [4.78, 5) is 11.3. The maximum absolute atomic E-state index is 11.3. The van der Waals surface area contributed by atoms with Crippen LogP contribution >= 0.6 is 0 Å². The van der Waals surface area contributed by atoms with Crippen LogP contribution in [0.25, 0.3) is 0 Å². The van der Waals surface area contributed by atoms with E-state index in [2.05, 4.69) is 24.4 Å². The topological polar surface area (TPSA) is 52.2 Å². The number of carboxylic acid groups (broad SMARTS) is 1. The predicted molar refractivity (Wildman–Crippen MR) is 73.4 cm³/mol. The van der Waals surface area contributed by atoms with E-state index in [9.17, 15) is 9.90 Å². The molecule has 1 aromatic rings. The Kier molecular flexibility index (Phi) is 4.97.